The van der Waals surface area contributed by atoms with Crippen LogP contribution < -0.4 is 10.1 Å². The van der Waals surface area contributed by atoms with Gasteiger partial charge in [-0.05, 0) is 53.2 Å². The average molecular weight is 637 g/mol. The van der Waals surface area contributed by atoms with Gasteiger partial charge >= 0.3 is 0 Å². The fourth-order valence-corrected chi connectivity index (χ4v) is 4.86. The maximum Gasteiger partial charge on any atom is 0.260 e. The lowest BCUT2D eigenvalue weighted by Crippen LogP contribution is -2.38. The number of halogens is 2. The molecular weight excluding hydrogens is 601 g/mol. The molecule has 2 unspecified atom stereocenters. The average Bonchev–Trinajstić information content (AvgIpc) is 3.73. The quantitative estimate of drug-likeness (QED) is 0.188. The molecule has 0 spiro atoms. The molecule has 6 rings (SSSR count). The van der Waals surface area contributed by atoms with Crippen molar-refractivity contribution < 1.29 is 9.53 Å². The summed E-state index contributed by atoms with van der Waals surface area (Å²) >= 11 is 12.3. The zero-order valence-corrected chi connectivity index (χ0v) is 27.2. The van der Waals surface area contributed by atoms with Crippen molar-refractivity contribution in [3.05, 3.63) is 86.4 Å². The Morgan fingerprint density at radius 3 is 2.05 bits per heavy atom. The minimum Gasteiger partial charge on any atom is -0.481 e. The first-order chi connectivity index (χ1) is 20.9. The summed E-state index contributed by atoms with van der Waals surface area (Å²) in [7, 11) is 0. The molecule has 4 heterocycles. The number of H-pyrrole nitrogens is 2. The van der Waals surface area contributed by atoms with Crippen LogP contribution in [0.1, 0.15) is 53.7 Å². The third-order valence-corrected chi connectivity index (χ3v) is 8.07. The van der Waals surface area contributed by atoms with Crippen molar-refractivity contribution in [1.29, 1.82) is 0 Å². The number of hydrogen-bond acceptors (Lipinski definition) is 6. The fourth-order valence-electron chi connectivity index (χ4n) is 4.53. The van der Waals surface area contributed by atoms with Crippen molar-refractivity contribution in [3.63, 3.8) is 0 Å². The molecular formula is C31H35Cl2N9O2. The Hall–Kier alpha value is -4.35. The van der Waals surface area contributed by atoms with Crippen LogP contribution in [0.5, 0.6) is 5.75 Å². The van der Waals surface area contributed by atoms with Crippen molar-refractivity contribution in [1.82, 2.24) is 44.9 Å². The highest BCUT2D eigenvalue weighted by Gasteiger charge is 2.20. The van der Waals surface area contributed by atoms with E-state index in [9.17, 15) is 4.79 Å². The van der Waals surface area contributed by atoms with E-state index in [0.29, 0.717) is 45.3 Å². The molecule has 0 aliphatic carbocycles. The minimum absolute atomic E-state index is 0.0630. The predicted molar refractivity (Wildman–Crippen MR) is 172 cm³/mol. The summed E-state index contributed by atoms with van der Waals surface area (Å²) in [6, 6.07) is 14.0. The number of ether oxygens (including phenoxy) is 1. The van der Waals surface area contributed by atoms with Gasteiger partial charge in [0.1, 0.15) is 15.8 Å². The number of carbonyl (C=O) groups is 1. The van der Waals surface area contributed by atoms with Crippen LogP contribution in [-0.4, -0.2) is 58.2 Å². The largest absolute Gasteiger partial charge is 0.481 e. The number of nitrogens with one attached hydrogen (secondary N) is 3. The first kappa shape index (κ1) is 31.1. The van der Waals surface area contributed by atoms with Crippen LogP contribution in [0, 0.1) is 34.6 Å². The Morgan fingerprint density at radius 2 is 1.45 bits per heavy atom. The second-order valence-electron chi connectivity index (χ2n) is 11.0. The molecule has 13 heteroatoms. The molecule has 0 saturated carbocycles. The van der Waals surface area contributed by atoms with E-state index in [4.69, 9.17) is 27.9 Å². The normalized spacial score (nSPS) is 12.7. The monoisotopic (exact) mass is 635 g/mol. The van der Waals surface area contributed by atoms with Gasteiger partial charge in [-0.25, -0.2) is 9.97 Å². The van der Waals surface area contributed by atoms with Crippen LogP contribution in [0.3, 0.4) is 0 Å². The zero-order chi connectivity index (χ0) is 31.7. The number of fused-ring (bicyclic) bond motifs is 2. The zero-order valence-electron chi connectivity index (χ0n) is 25.7. The number of nitrogens with zero attached hydrogens (tertiary/aromatic N) is 6. The summed E-state index contributed by atoms with van der Waals surface area (Å²) in [6.07, 6.45) is -0.597. The van der Waals surface area contributed by atoms with Crippen LogP contribution >= 0.6 is 23.2 Å². The number of rotatable bonds is 7. The maximum absolute atomic E-state index is 12.4. The number of amides is 1. The Labute approximate surface area is 264 Å². The Kier molecular flexibility index (Phi) is 8.98. The van der Waals surface area contributed by atoms with E-state index in [-0.39, 0.29) is 11.8 Å². The lowest BCUT2D eigenvalue weighted by Gasteiger charge is -2.17. The van der Waals surface area contributed by atoms with Crippen LogP contribution in [0.4, 0.5) is 0 Å². The lowest BCUT2D eigenvalue weighted by molar-refractivity contribution is -0.127. The van der Waals surface area contributed by atoms with Crippen molar-refractivity contribution >= 4 is 40.4 Å². The Balaban J connectivity index is 0.000000193. The molecule has 0 aliphatic rings. The highest BCUT2D eigenvalue weighted by Crippen LogP contribution is 2.24. The van der Waals surface area contributed by atoms with Gasteiger partial charge in [0.25, 0.3) is 5.91 Å². The number of hydrogen-bond donors (Lipinski definition) is 3. The molecule has 1 amide bonds. The highest BCUT2D eigenvalue weighted by atomic mass is 35.5. The molecule has 0 fully saturated rings. The molecule has 2 aromatic carbocycles. The lowest BCUT2D eigenvalue weighted by atomic mass is 10.1. The third kappa shape index (κ3) is 6.58. The van der Waals surface area contributed by atoms with E-state index in [1.807, 2.05) is 77.1 Å². The number of aromatic nitrogens is 8. The van der Waals surface area contributed by atoms with E-state index >= 15 is 0 Å². The summed E-state index contributed by atoms with van der Waals surface area (Å²) in [5.74, 6) is 1.77. The molecule has 230 valence electrons. The maximum atomic E-state index is 12.4. The molecule has 2 atom stereocenters. The molecule has 6 aromatic rings. The molecule has 44 heavy (non-hydrogen) atoms. The number of aromatic amines is 2. The van der Waals surface area contributed by atoms with Crippen LogP contribution in [0.2, 0.25) is 10.0 Å². The van der Waals surface area contributed by atoms with Gasteiger partial charge in [-0.2, -0.15) is 9.26 Å². The van der Waals surface area contributed by atoms with Gasteiger partial charge in [0.2, 0.25) is 0 Å². The SMILES string of the molecule is Cc1ccc(-c2nc3c(Cl)c(C)[nH]n3n2)cc1.Cc1ccc(OC(C)C(=O)NCC(C)c2nc3c(Cl)c(C)[nH]n3n2)c(C)c1. The Bertz CT molecular complexity index is 1940. The van der Waals surface area contributed by atoms with E-state index in [1.165, 1.54) is 5.56 Å². The molecule has 0 bridgehead atoms. The summed E-state index contributed by atoms with van der Waals surface area (Å²) in [5.41, 5.74) is 7.31. The molecule has 4 aromatic heterocycles. The van der Waals surface area contributed by atoms with E-state index in [2.05, 4.69) is 42.6 Å². The summed E-state index contributed by atoms with van der Waals surface area (Å²) in [5, 5.41) is 18.9. The topological polar surface area (TPSA) is 130 Å². The second-order valence-corrected chi connectivity index (χ2v) is 11.8. The molecule has 11 nitrogen and oxygen atoms in total. The highest BCUT2D eigenvalue weighted by molar-refractivity contribution is 6.34. The number of carbonyl (C=O) groups excluding carboxylic acids is 1. The van der Waals surface area contributed by atoms with Gasteiger partial charge in [-0.3, -0.25) is 15.0 Å². The third-order valence-electron chi connectivity index (χ3n) is 7.17. The van der Waals surface area contributed by atoms with Crippen LogP contribution in [0.15, 0.2) is 42.5 Å². The van der Waals surface area contributed by atoms with E-state index < -0.39 is 6.10 Å². The molecule has 0 radical (unpaired) electrons. The first-order valence-electron chi connectivity index (χ1n) is 14.2. The predicted octanol–water partition coefficient (Wildman–Crippen LogP) is 6.32. The molecule has 3 N–H and O–H groups in total. The van der Waals surface area contributed by atoms with Gasteiger partial charge in [0, 0.05) is 18.0 Å². The van der Waals surface area contributed by atoms with Gasteiger partial charge in [-0.15, -0.1) is 10.2 Å². The van der Waals surface area contributed by atoms with Crippen molar-refractivity contribution in [2.45, 2.75) is 60.5 Å². The molecule has 0 aliphatic heterocycles. The second kappa shape index (κ2) is 12.7. The summed E-state index contributed by atoms with van der Waals surface area (Å²) in [6.45, 7) is 13.9. The minimum atomic E-state index is -0.597. The van der Waals surface area contributed by atoms with Crippen molar-refractivity contribution in [3.8, 4) is 17.1 Å². The number of benzene rings is 2. The van der Waals surface area contributed by atoms with Crippen LogP contribution in [0.25, 0.3) is 22.7 Å². The summed E-state index contributed by atoms with van der Waals surface area (Å²) in [4.78, 5) is 21.2. The van der Waals surface area contributed by atoms with Crippen molar-refractivity contribution in [2.75, 3.05) is 6.54 Å². The van der Waals surface area contributed by atoms with Gasteiger partial charge in [0.15, 0.2) is 29.0 Å². The standard InChI is InChI=1S/C19H24ClN5O2.C12H11ClN4/c1-10-6-7-15(11(2)8-10)27-14(5)19(26)21-9-12(3)17-22-18-16(20)13(4)23-25(18)24-17;1-7-3-5-9(6-4-7)11-14-12-10(13)8(2)15-17(12)16-11/h6-8,12,14,23H,9H2,1-5H3,(H,21,26);3-6,15H,1-2H3. The number of aryl methyl sites for hydroxylation is 5. The van der Waals surface area contributed by atoms with Gasteiger partial charge in [0.05, 0.1) is 11.4 Å². The fraction of sp³-hybridized carbons (Fsp3) is 0.323. The van der Waals surface area contributed by atoms with Gasteiger partial charge < -0.3 is 10.1 Å². The Morgan fingerprint density at radius 1 is 0.864 bits per heavy atom. The van der Waals surface area contributed by atoms with Gasteiger partial charge in [-0.1, -0.05) is 77.7 Å². The first-order valence-corrected chi connectivity index (χ1v) is 15.0. The van der Waals surface area contributed by atoms with E-state index in [1.54, 1.807) is 16.2 Å². The van der Waals surface area contributed by atoms with E-state index in [0.717, 1.165) is 28.1 Å². The summed E-state index contributed by atoms with van der Waals surface area (Å²) < 4.78 is 8.95. The van der Waals surface area contributed by atoms with Crippen LogP contribution in [-0.2, 0) is 4.79 Å². The smallest absolute Gasteiger partial charge is 0.260 e. The molecule has 0 saturated heterocycles. The van der Waals surface area contributed by atoms with Crippen molar-refractivity contribution in [2.24, 2.45) is 0 Å².